The van der Waals surface area contributed by atoms with Gasteiger partial charge >= 0.3 is 0 Å². The molecule has 1 aromatic carbocycles. The molecule has 0 heterocycles. The number of methoxy groups -OCH3 is 1. The van der Waals surface area contributed by atoms with Crippen LogP contribution in [0.1, 0.15) is 49.9 Å². The van der Waals surface area contributed by atoms with E-state index in [1.165, 1.54) is 31.7 Å². The lowest BCUT2D eigenvalue weighted by atomic mass is 9.96. The van der Waals surface area contributed by atoms with Crippen LogP contribution >= 0.6 is 0 Å². The van der Waals surface area contributed by atoms with E-state index in [2.05, 4.69) is 10.0 Å². The molecule has 1 aromatic rings. The van der Waals surface area contributed by atoms with Gasteiger partial charge in [-0.05, 0) is 63.1 Å². The highest BCUT2D eigenvalue weighted by Gasteiger charge is 2.41. The van der Waals surface area contributed by atoms with Crippen LogP contribution in [0.2, 0.25) is 0 Å². The Balaban J connectivity index is 1.84. The van der Waals surface area contributed by atoms with Gasteiger partial charge in [0.1, 0.15) is 5.75 Å². The molecule has 2 fully saturated rings. The third kappa shape index (κ3) is 3.82. The lowest BCUT2D eigenvalue weighted by molar-refractivity contribution is 0.0940. The summed E-state index contributed by atoms with van der Waals surface area (Å²) < 4.78 is 33.6. The predicted octanol–water partition coefficient (Wildman–Crippen LogP) is 2.30. The van der Waals surface area contributed by atoms with E-state index in [1.54, 1.807) is 0 Å². The highest BCUT2D eigenvalue weighted by Crippen LogP contribution is 2.44. The summed E-state index contributed by atoms with van der Waals surface area (Å²) in [5.41, 5.74) is 0.229. The number of sulfonamides is 1. The first-order valence-electron chi connectivity index (χ1n) is 8.81. The summed E-state index contributed by atoms with van der Waals surface area (Å²) in [5.74, 6) is 1.11. The smallest absolute Gasteiger partial charge is 0.255 e. The summed E-state index contributed by atoms with van der Waals surface area (Å²) in [6, 6.07) is 4.38. The van der Waals surface area contributed by atoms with Gasteiger partial charge in [0.05, 0.1) is 17.6 Å². The SMILES string of the molecule is COc1ccc(S(=O)(=O)N[C@H]2C[C@H]3CC[C@H]2C3)cc1C(=O)NC(C)C. The molecule has 0 radical (unpaired) electrons. The molecule has 3 atom stereocenters. The Morgan fingerprint density at radius 1 is 1.24 bits per heavy atom. The van der Waals surface area contributed by atoms with Gasteiger partial charge in [0.25, 0.3) is 5.91 Å². The van der Waals surface area contributed by atoms with E-state index < -0.39 is 10.0 Å². The minimum Gasteiger partial charge on any atom is -0.496 e. The largest absolute Gasteiger partial charge is 0.496 e. The molecular formula is C18H26N2O4S. The number of hydrogen-bond donors (Lipinski definition) is 2. The quantitative estimate of drug-likeness (QED) is 0.809. The van der Waals surface area contributed by atoms with Crippen LogP contribution in [-0.4, -0.2) is 33.5 Å². The maximum absolute atomic E-state index is 12.8. The number of benzene rings is 1. The second-order valence-electron chi connectivity index (χ2n) is 7.39. The van der Waals surface area contributed by atoms with Crippen LogP contribution in [0.4, 0.5) is 0 Å². The number of fused-ring (bicyclic) bond motifs is 2. The molecule has 1 amide bonds. The highest BCUT2D eigenvalue weighted by atomic mass is 32.2. The van der Waals surface area contributed by atoms with Gasteiger partial charge in [-0.15, -0.1) is 0 Å². The molecule has 138 valence electrons. The van der Waals surface area contributed by atoms with E-state index in [-0.39, 0.29) is 28.4 Å². The van der Waals surface area contributed by atoms with Crippen molar-refractivity contribution in [3.63, 3.8) is 0 Å². The normalized spacial score (nSPS) is 25.4. The fourth-order valence-electron chi connectivity index (χ4n) is 4.03. The molecular weight excluding hydrogens is 340 g/mol. The fraction of sp³-hybridized carbons (Fsp3) is 0.611. The zero-order valence-electron chi connectivity index (χ0n) is 14.9. The lowest BCUT2D eigenvalue weighted by Gasteiger charge is -2.23. The summed E-state index contributed by atoms with van der Waals surface area (Å²) in [6.45, 7) is 3.70. The van der Waals surface area contributed by atoms with Crippen molar-refractivity contribution in [1.82, 2.24) is 10.0 Å². The number of hydrogen-bond acceptors (Lipinski definition) is 4. The Bertz CT molecular complexity index is 760. The average Bonchev–Trinajstić information content (AvgIpc) is 3.15. The number of amides is 1. The Hall–Kier alpha value is -1.60. The van der Waals surface area contributed by atoms with Crippen LogP contribution in [-0.2, 0) is 10.0 Å². The molecule has 0 aliphatic heterocycles. The first-order valence-corrected chi connectivity index (χ1v) is 10.3. The standard InChI is InChI=1S/C18H26N2O4S/c1-11(2)19-18(21)15-10-14(6-7-17(15)24-3)25(22,23)20-16-9-12-4-5-13(16)8-12/h6-7,10-13,16,20H,4-5,8-9H2,1-3H3,(H,19,21)/t12-,13-,16-/m0/s1. The third-order valence-corrected chi connectivity index (χ3v) is 6.68. The molecule has 7 heteroatoms. The Kier molecular flexibility index (Phi) is 5.06. The van der Waals surface area contributed by atoms with E-state index in [1.807, 2.05) is 13.8 Å². The van der Waals surface area contributed by atoms with Crippen LogP contribution < -0.4 is 14.8 Å². The van der Waals surface area contributed by atoms with Crippen LogP contribution in [0.5, 0.6) is 5.75 Å². The van der Waals surface area contributed by atoms with E-state index in [0.717, 1.165) is 19.3 Å². The molecule has 25 heavy (non-hydrogen) atoms. The van der Waals surface area contributed by atoms with Gasteiger partial charge in [-0.3, -0.25) is 4.79 Å². The predicted molar refractivity (Wildman–Crippen MR) is 95.2 cm³/mol. The first kappa shape index (κ1) is 18.2. The van der Waals surface area contributed by atoms with Crippen LogP contribution in [0, 0.1) is 11.8 Å². The van der Waals surface area contributed by atoms with Gasteiger partial charge in [-0.1, -0.05) is 6.42 Å². The molecule has 6 nitrogen and oxygen atoms in total. The highest BCUT2D eigenvalue weighted by molar-refractivity contribution is 7.89. The van der Waals surface area contributed by atoms with E-state index in [9.17, 15) is 13.2 Å². The number of carbonyl (C=O) groups excluding carboxylic acids is 1. The fourth-order valence-corrected chi connectivity index (χ4v) is 5.37. The van der Waals surface area contributed by atoms with E-state index in [0.29, 0.717) is 17.6 Å². The molecule has 2 aliphatic rings. The van der Waals surface area contributed by atoms with Gasteiger partial charge in [0.2, 0.25) is 10.0 Å². The molecule has 3 rings (SSSR count). The van der Waals surface area contributed by atoms with Crippen molar-refractivity contribution in [2.75, 3.05) is 7.11 Å². The zero-order chi connectivity index (χ0) is 18.2. The van der Waals surface area contributed by atoms with Crippen molar-refractivity contribution in [2.45, 2.75) is 56.5 Å². The second kappa shape index (κ2) is 6.96. The van der Waals surface area contributed by atoms with Gasteiger partial charge < -0.3 is 10.1 Å². The number of rotatable bonds is 6. The third-order valence-electron chi connectivity index (χ3n) is 5.19. The summed E-state index contributed by atoms with van der Waals surface area (Å²) in [6.07, 6.45) is 4.35. The van der Waals surface area contributed by atoms with Crippen molar-refractivity contribution >= 4 is 15.9 Å². The first-order chi connectivity index (χ1) is 11.8. The number of carbonyl (C=O) groups is 1. The molecule has 0 saturated heterocycles. The summed E-state index contributed by atoms with van der Waals surface area (Å²) in [5, 5.41) is 2.77. The molecule has 0 unspecified atom stereocenters. The molecule has 2 bridgehead atoms. The number of nitrogens with one attached hydrogen (secondary N) is 2. The van der Waals surface area contributed by atoms with Crippen molar-refractivity contribution < 1.29 is 17.9 Å². The molecule has 2 N–H and O–H groups in total. The van der Waals surface area contributed by atoms with Crippen molar-refractivity contribution in [1.29, 1.82) is 0 Å². The molecule has 0 aromatic heterocycles. The Morgan fingerprint density at radius 3 is 2.56 bits per heavy atom. The van der Waals surface area contributed by atoms with Gasteiger partial charge in [-0.25, -0.2) is 13.1 Å². The van der Waals surface area contributed by atoms with Crippen molar-refractivity contribution in [3.05, 3.63) is 23.8 Å². The molecule has 2 aliphatic carbocycles. The number of ether oxygens (including phenoxy) is 1. The summed E-state index contributed by atoms with van der Waals surface area (Å²) in [7, 11) is -2.20. The average molecular weight is 366 g/mol. The molecule has 0 spiro atoms. The maximum Gasteiger partial charge on any atom is 0.255 e. The lowest BCUT2D eigenvalue weighted by Crippen LogP contribution is -2.38. The maximum atomic E-state index is 12.8. The van der Waals surface area contributed by atoms with E-state index >= 15 is 0 Å². The van der Waals surface area contributed by atoms with Crippen molar-refractivity contribution in [3.8, 4) is 5.75 Å². The van der Waals surface area contributed by atoms with Crippen molar-refractivity contribution in [2.24, 2.45) is 11.8 Å². The van der Waals surface area contributed by atoms with Gasteiger partial charge in [0.15, 0.2) is 0 Å². The summed E-state index contributed by atoms with van der Waals surface area (Å²) in [4.78, 5) is 12.5. The Morgan fingerprint density at radius 2 is 2.00 bits per heavy atom. The topological polar surface area (TPSA) is 84.5 Å². The van der Waals surface area contributed by atoms with Gasteiger partial charge in [0, 0.05) is 12.1 Å². The minimum atomic E-state index is -3.66. The van der Waals surface area contributed by atoms with Gasteiger partial charge in [-0.2, -0.15) is 0 Å². The monoisotopic (exact) mass is 366 g/mol. The zero-order valence-corrected chi connectivity index (χ0v) is 15.7. The van der Waals surface area contributed by atoms with Crippen LogP contribution in [0.25, 0.3) is 0 Å². The summed E-state index contributed by atoms with van der Waals surface area (Å²) >= 11 is 0. The molecule has 2 saturated carbocycles. The Labute approximate surface area is 149 Å². The second-order valence-corrected chi connectivity index (χ2v) is 9.11. The van der Waals surface area contributed by atoms with E-state index in [4.69, 9.17) is 4.74 Å². The van der Waals surface area contributed by atoms with Crippen LogP contribution in [0.15, 0.2) is 23.1 Å². The van der Waals surface area contributed by atoms with Crippen LogP contribution in [0.3, 0.4) is 0 Å². The minimum absolute atomic E-state index is 0.0128.